The van der Waals surface area contributed by atoms with Gasteiger partial charge in [-0.2, -0.15) is 11.3 Å². The molecule has 18 heavy (non-hydrogen) atoms. The molecule has 1 N–H and O–H groups in total. The Kier molecular flexibility index (Phi) is 3.65. The predicted molar refractivity (Wildman–Crippen MR) is 79.4 cm³/mol. The van der Waals surface area contributed by atoms with Crippen LogP contribution in [0.4, 0.5) is 5.69 Å². The largest absolute Gasteiger partial charge is 0.382 e. The quantitative estimate of drug-likeness (QED) is 0.825. The highest BCUT2D eigenvalue weighted by Gasteiger charge is 2.21. The SMILES string of the molecule is c1ccc(C2CCC(Nc3ccsc3)CC2)cc1. The fraction of sp³-hybridized carbons (Fsp3) is 0.375. The van der Waals surface area contributed by atoms with E-state index in [4.69, 9.17) is 0 Å². The molecule has 0 unspecified atom stereocenters. The third kappa shape index (κ3) is 2.75. The molecule has 1 saturated carbocycles. The topological polar surface area (TPSA) is 12.0 Å². The first-order chi connectivity index (χ1) is 8.92. The molecule has 2 aromatic rings. The highest BCUT2D eigenvalue weighted by atomic mass is 32.1. The molecule has 3 rings (SSSR count). The van der Waals surface area contributed by atoms with E-state index in [0.717, 1.165) is 5.92 Å². The second kappa shape index (κ2) is 5.57. The average molecular weight is 257 g/mol. The van der Waals surface area contributed by atoms with Gasteiger partial charge in [0.1, 0.15) is 0 Å². The molecule has 0 aliphatic heterocycles. The van der Waals surface area contributed by atoms with Crippen molar-refractivity contribution in [1.29, 1.82) is 0 Å². The van der Waals surface area contributed by atoms with Crippen LogP contribution in [0.2, 0.25) is 0 Å². The zero-order valence-corrected chi connectivity index (χ0v) is 11.3. The standard InChI is InChI=1S/C16H19NS/c1-2-4-13(5-3-1)14-6-8-15(9-7-14)17-16-10-11-18-12-16/h1-5,10-12,14-15,17H,6-9H2. The van der Waals surface area contributed by atoms with E-state index in [2.05, 4.69) is 52.5 Å². The third-order valence-electron chi connectivity index (χ3n) is 3.89. The molecule has 2 heteroatoms. The van der Waals surface area contributed by atoms with Gasteiger partial charge in [-0.25, -0.2) is 0 Å². The van der Waals surface area contributed by atoms with Gasteiger partial charge in [0.25, 0.3) is 0 Å². The zero-order chi connectivity index (χ0) is 12.2. The lowest BCUT2D eigenvalue weighted by Crippen LogP contribution is -2.25. The Bertz CT molecular complexity index is 455. The highest BCUT2D eigenvalue weighted by molar-refractivity contribution is 7.08. The average Bonchev–Trinajstić information content (AvgIpc) is 2.94. The van der Waals surface area contributed by atoms with E-state index in [1.807, 2.05) is 0 Å². The predicted octanol–water partition coefficient (Wildman–Crippen LogP) is 4.89. The number of hydrogen-bond donors (Lipinski definition) is 1. The Morgan fingerprint density at radius 3 is 2.39 bits per heavy atom. The lowest BCUT2D eigenvalue weighted by molar-refractivity contribution is 0.412. The Balaban J connectivity index is 1.55. The molecule has 0 atom stereocenters. The number of thiophene rings is 1. The van der Waals surface area contributed by atoms with Crippen LogP contribution in [0.25, 0.3) is 0 Å². The second-order valence-corrected chi connectivity index (χ2v) is 5.90. The summed E-state index contributed by atoms with van der Waals surface area (Å²) in [7, 11) is 0. The van der Waals surface area contributed by atoms with Crippen molar-refractivity contribution < 1.29 is 0 Å². The van der Waals surface area contributed by atoms with Crippen molar-refractivity contribution >= 4 is 17.0 Å². The first-order valence-corrected chi connectivity index (χ1v) is 7.70. The summed E-state index contributed by atoms with van der Waals surface area (Å²) in [5, 5.41) is 7.98. The van der Waals surface area contributed by atoms with Crippen LogP contribution in [0.1, 0.15) is 37.2 Å². The van der Waals surface area contributed by atoms with Crippen molar-refractivity contribution in [3.05, 3.63) is 52.7 Å². The van der Waals surface area contributed by atoms with E-state index in [9.17, 15) is 0 Å². The number of rotatable bonds is 3. The van der Waals surface area contributed by atoms with E-state index < -0.39 is 0 Å². The van der Waals surface area contributed by atoms with Crippen molar-refractivity contribution in [2.45, 2.75) is 37.6 Å². The smallest absolute Gasteiger partial charge is 0.0450 e. The molecule has 0 spiro atoms. The van der Waals surface area contributed by atoms with Gasteiger partial charge in [0.15, 0.2) is 0 Å². The van der Waals surface area contributed by atoms with Gasteiger partial charge in [-0.15, -0.1) is 0 Å². The van der Waals surface area contributed by atoms with E-state index in [1.54, 1.807) is 11.3 Å². The Morgan fingerprint density at radius 2 is 1.72 bits per heavy atom. The van der Waals surface area contributed by atoms with E-state index >= 15 is 0 Å². The first-order valence-electron chi connectivity index (χ1n) is 6.75. The summed E-state index contributed by atoms with van der Waals surface area (Å²) < 4.78 is 0. The van der Waals surface area contributed by atoms with Gasteiger partial charge in [-0.05, 0) is 48.6 Å². The van der Waals surface area contributed by atoms with Crippen molar-refractivity contribution in [2.75, 3.05) is 5.32 Å². The fourth-order valence-corrected chi connectivity index (χ4v) is 3.48. The van der Waals surface area contributed by atoms with Crippen LogP contribution in [0.3, 0.4) is 0 Å². The maximum absolute atomic E-state index is 3.64. The van der Waals surface area contributed by atoms with Crippen molar-refractivity contribution in [2.24, 2.45) is 0 Å². The summed E-state index contributed by atoms with van der Waals surface area (Å²) in [5.41, 5.74) is 2.81. The van der Waals surface area contributed by atoms with Crippen molar-refractivity contribution in [1.82, 2.24) is 0 Å². The lowest BCUT2D eigenvalue weighted by Gasteiger charge is -2.29. The maximum Gasteiger partial charge on any atom is 0.0450 e. The molecule has 1 aliphatic rings. The summed E-state index contributed by atoms with van der Waals surface area (Å²) in [4.78, 5) is 0. The normalized spacial score (nSPS) is 23.8. The molecule has 0 saturated heterocycles. The molecule has 0 bridgehead atoms. The molecule has 1 nitrogen and oxygen atoms in total. The maximum atomic E-state index is 3.64. The number of hydrogen-bond acceptors (Lipinski definition) is 2. The summed E-state index contributed by atoms with van der Waals surface area (Å²) in [6, 6.07) is 13.8. The third-order valence-corrected chi connectivity index (χ3v) is 4.57. The van der Waals surface area contributed by atoms with Crippen molar-refractivity contribution in [3.8, 4) is 0 Å². The molecular weight excluding hydrogens is 238 g/mol. The van der Waals surface area contributed by atoms with Crippen LogP contribution in [0.15, 0.2) is 47.2 Å². The summed E-state index contributed by atoms with van der Waals surface area (Å²) >= 11 is 1.76. The summed E-state index contributed by atoms with van der Waals surface area (Å²) in [5.74, 6) is 0.770. The van der Waals surface area contributed by atoms with Gasteiger partial charge in [-0.3, -0.25) is 0 Å². The number of benzene rings is 1. The Labute approximate surface area is 113 Å². The fourth-order valence-electron chi connectivity index (χ4n) is 2.88. The summed E-state index contributed by atoms with van der Waals surface area (Å²) in [6.45, 7) is 0. The van der Waals surface area contributed by atoms with Crippen LogP contribution >= 0.6 is 11.3 Å². The van der Waals surface area contributed by atoms with Gasteiger partial charge in [0, 0.05) is 17.1 Å². The monoisotopic (exact) mass is 257 g/mol. The molecule has 0 radical (unpaired) electrons. The summed E-state index contributed by atoms with van der Waals surface area (Å²) in [6.07, 6.45) is 5.20. The van der Waals surface area contributed by atoms with Crippen LogP contribution in [-0.4, -0.2) is 6.04 Å². The molecule has 1 fully saturated rings. The number of nitrogens with one attached hydrogen (secondary N) is 1. The zero-order valence-electron chi connectivity index (χ0n) is 10.5. The number of anilines is 1. The van der Waals surface area contributed by atoms with E-state index in [1.165, 1.54) is 36.9 Å². The van der Waals surface area contributed by atoms with Gasteiger partial charge in [-0.1, -0.05) is 30.3 Å². The second-order valence-electron chi connectivity index (χ2n) is 5.12. The molecule has 1 heterocycles. The molecule has 1 aromatic heterocycles. The highest BCUT2D eigenvalue weighted by Crippen LogP contribution is 2.33. The minimum Gasteiger partial charge on any atom is -0.382 e. The van der Waals surface area contributed by atoms with Gasteiger partial charge in [0.05, 0.1) is 0 Å². The Hall–Kier alpha value is -1.28. The van der Waals surface area contributed by atoms with Gasteiger partial charge >= 0.3 is 0 Å². The molecule has 1 aliphatic carbocycles. The van der Waals surface area contributed by atoms with Gasteiger partial charge in [0.2, 0.25) is 0 Å². The Morgan fingerprint density at radius 1 is 0.944 bits per heavy atom. The van der Waals surface area contributed by atoms with Gasteiger partial charge < -0.3 is 5.32 Å². The van der Waals surface area contributed by atoms with Crippen LogP contribution in [0.5, 0.6) is 0 Å². The molecule has 1 aromatic carbocycles. The minimum atomic E-state index is 0.666. The lowest BCUT2D eigenvalue weighted by atomic mass is 9.82. The molecule has 0 amide bonds. The van der Waals surface area contributed by atoms with Crippen LogP contribution in [0, 0.1) is 0 Å². The minimum absolute atomic E-state index is 0.666. The van der Waals surface area contributed by atoms with Crippen molar-refractivity contribution in [3.63, 3.8) is 0 Å². The first kappa shape index (κ1) is 11.8. The molecule has 94 valence electrons. The molecular formula is C16H19NS. The van der Waals surface area contributed by atoms with Crippen LogP contribution < -0.4 is 5.32 Å². The van der Waals surface area contributed by atoms with E-state index in [-0.39, 0.29) is 0 Å². The van der Waals surface area contributed by atoms with E-state index in [0.29, 0.717) is 6.04 Å². The van der Waals surface area contributed by atoms with Crippen LogP contribution in [-0.2, 0) is 0 Å².